The number of rotatable bonds is 4. The van der Waals surface area contributed by atoms with Gasteiger partial charge in [-0.05, 0) is 59.5 Å². The van der Waals surface area contributed by atoms with E-state index in [1.54, 1.807) is 16.2 Å². The number of amides is 2. The number of piperidine rings is 1. The van der Waals surface area contributed by atoms with E-state index in [9.17, 15) is 14.0 Å². The summed E-state index contributed by atoms with van der Waals surface area (Å²) < 4.78 is 12.9. The number of hydrogen-bond donors (Lipinski definition) is 1. The molecule has 0 unspecified atom stereocenters. The number of thiophene rings is 1. The van der Waals surface area contributed by atoms with Crippen molar-refractivity contribution in [2.24, 2.45) is 5.92 Å². The molecule has 24 heavy (non-hydrogen) atoms. The van der Waals surface area contributed by atoms with Crippen molar-refractivity contribution in [3.63, 3.8) is 0 Å². The van der Waals surface area contributed by atoms with Gasteiger partial charge in [-0.1, -0.05) is 0 Å². The van der Waals surface area contributed by atoms with Crippen molar-refractivity contribution in [2.45, 2.75) is 19.4 Å². The van der Waals surface area contributed by atoms with Gasteiger partial charge in [0.25, 0.3) is 0 Å². The highest BCUT2D eigenvalue weighted by Gasteiger charge is 2.27. The van der Waals surface area contributed by atoms with Crippen LogP contribution in [-0.2, 0) is 6.54 Å². The first-order chi connectivity index (χ1) is 11.6. The molecule has 6 heteroatoms. The molecule has 0 spiro atoms. The second kappa shape index (κ2) is 7.57. The van der Waals surface area contributed by atoms with E-state index in [0.717, 1.165) is 5.56 Å². The summed E-state index contributed by atoms with van der Waals surface area (Å²) in [5.41, 5.74) is 1.63. The third-order valence-corrected chi connectivity index (χ3v) is 5.04. The fourth-order valence-electron chi connectivity index (χ4n) is 2.88. The molecule has 1 fully saturated rings. The minimum Gasteiger partial charge on any atom is -0.334 e. The second-order valence-corrected chi connectivity index (χ2v) is 6.70. The van der Waals surface area contributed by atoms with Gasteiger partial charge in [0, 0.05) is 31.1 Å². The van der Waals surface area contributed by atoms with Crippen LogP contribution in [0.3, 0.4) is 0 Å². The number of benzene rings is 1. The van der Waals surface area contributed by atoms with Gasteiger partial charge in [-0.2, -0.15) is 11.3 Å². The first-order valence-corrected chi connectivity index (χ1v) is 8.91. The summed E-state index contributed by atoms with van der Waals surface area (Å²) in [6, 6.07) is 7.56. The minimum atomic E-state index is -0.344. The number of nitrogens with one attached hydrogen (secondary N) is 1. The van der Waals surface area contributed by atoms with Crippen LogP contribution in [0, 0.1) is 11.7 Å². The first kappa shape index (κ1) is 16.6. The number of halogens is 1. The van der Waals surface area contributed by atoms with Gasteiger partial charge in [0.15, 0.2) is 5.78 Å². The van der Waals surface area contributed by atoms with Gasteiger partial charge in [0.2, 0.25) is 0 Å². The maximum atomic E-state index is 12.9. The molecule has 3 rings (SSSR count). The van der Waals surface area contributed by atoms with Crippen molar-refractivity contribution in [1.29, 1.82) is 0 Å². The van der Waals surface area contributed by atoms with Gasteiger partial charge < -0.3 is 10.2 Å². The summed E-state index contributed by atoms with van der Waals surface area (Å²) in [7, 11) is 0. The van der Waals surface area contributed by atoms with Crippen LogP contribution in [0.2, 0.25) is 0 Å². The zero-order valence-corrected chi connectivity index (χ0v) is 14.0. The zero-order chi connectivity index (χ0) is 16.9. The molecule has 1 aromatic heterocycles. The van der Waals surface area contributed by atoms with Crippen molar-refractivity contribution in [3.05, 3.63) is 58.0 Å². The smallest absolute Gasteiger partial charge is 0.317 e. The summed E-state index contributed by atoms with van der Waals surface area (Å²) >= 11 is 1.60. The summed E-state index contributed by atoms with van der Waals surface area (Å²) in [4.78, 5) is 26.3. The normalized spacial score (nSPS) is 15.3. The second-order valence-electron chi connectivity index (χ2n) is 5.92. The Balaban J connectivity index is 1.49. The molecule has 0 aliphatic carbocycles. The van der Waals surface area contributed by atoms with E-state index >= 15 is 0 Å². The Hall–Kier alpha value is -2.21. The Labute approximate surface area is 144 Å². The van der Waals surface area contributed by atoms with Gasteiger partial charge in [-0.25, -0.2) is 9.18 Å². The molecule has 1 aliphatic rings. The van der Waals surface area contributed by atoms with E-state index in [1.165, 1.54) is 24.3 Å². The van der Waals surface area contributed by atoms with Gasteiger partial charge in [0.1, 0.15) is 5.82 Å². The molecule has 4 nitrogen and oxygen atoms in total. The molecule has 0 bridgehead atoms. The van der Waals surface area contributed by atoms with Crippen molar-refractivity contribution in [3.8, 4) is 0 Å². The molecule has 0 radical (unpaired) electrons. The predicted molar refractivity (Wildman–Crippen MR) is 91.6 cm³/mol. The predicted octanol–water partition coefficient (Wildman–Crippen LogP) is 3.69. The maximum absolute atomic E-state index is 12.9. The summed E-state index contributed by atoms with van der Waals surface area (Å²) in [5.74, 6) is -0.409. The Bertz CT molecular complexity index is 692. The number of Topliss-reactive ketones (excluding diaryl/α,β-unsaturated/α-hetero) is 1. The molecule has 2 heterocycles. The van der Waals surface area contributed by atoms with Gasteiger partial charge in [-0.3, -0.25) is 4.79 Å². The van der Waals surface area contributed by atoms with Crippen molar-refractivity contribution < 1.29 is 14.0 Å². The molecule has 0 saturated carbocycles. The standard InChI is InChI=1S/C18H19FN2O2S/c19-16-3-1-14(2-4-16)17(22)15-5-8-21(9-6-15)18(23)20-11-13-7-10-24-12-13/h1-4,7,10,12,15H,5-6,8-9,11H2,(H,20,23). The van der Waals surface area contributed by atoms with E-state index in [4.69, 9.17) is 0 Å². The highest BCUT2D eigenvalue weighted by molar-refractivity contribution is 7.07. The summed E-state index contributed by atoms with van der Waals surface area (Å²) in [6.45, 7) is 1.65. The van der Waals surface area contributed by atoms with Crippen LogP contribution in [0.5, 0.6) is 0 Å². The summed E-state index contributed by atoms with van der Waals surface area (Å²) in [5, 5.41) is 6.89. The number of ketones is 1. The van der Waals surface area contributed by atoms with E-state index < -0.39 is 0 Å². The third kappa shape index (κ3) is 4.00. The number of hydrogen-bond acceptors (Lipinski definition) is 3. The quantitative estimate of drug-likeness (QED) is 0.859. The lowest BCUT2D eigenvalue weighted by Gasteiger charge is -2.31. The molecule has 0 atom stereocenters. The van der Waals surface area contributed by atoms with Crippen LogP contribution in [0.25, 0.3) is 0 Å². The number of carbonyl (C=O) groups excluding carboxylic acids is 2. The SMILES string of the molecule is O=C(c1ccc(F)cc1)C1CCN(C(=O)NCc2ccsc2)CC1. The Kier molecular flexibility index (Phi) is 5.25. The van der Waals surface area contributed by atoms with Crippen LogP contribution >= 0.6 is 11.3 Å². The topological polar surface area (TPSA) is 49.4 Å². The highest BCUT2D eigenvalue weighted by atomic mass is 32.1. The molecular weight excluding hydrogens is 327 g/mol. The Morgan fingerprint density at radius 2 is 1.88 bits per heavy atom. The average molecular weight is 346 g/mol. The van der Waals surface area contributed by atoms with Crippen LogP contribution in [-0.4, -0.2) is 29.8 Å². The number of likely N-dealkylation sites (tertiary alicyclic amines) is 1. The van der Waals surface area contributed by atoms with Crippen LogP contribution in [0.1, 0.15) is 28.8 Å². The molecule has 1 saturated heterocycles. The Morgan fingerprint density at radius 3 is 2.50 bits per heavy atom. The molecule has 1 N–H and O–H groups in total. The van der Waals surface area contributed by atoms with E-state index in [1.807, 2.05) is 16.8 Å². The number of carbonyl (C=O) groups is 2. The van der Waals surface area contributed by atoms with Crippen molar-refractivity contribution in [1.82, 2.24) is 10.2 Å². The lowest BCUT2D eigenvalue weighted by Crippen LogP contribution is -2.45. The van der Waals surface area contributed by atoms with E-state index in [0.29, 0.717) is 38.0 Å². The van der Waals surface area contributed by atoms with Crippen LogP contribution in [0.4, 0.5) is 9.18 Å². The van der Waals surface area contributed by atoms with Crippen molar-refractivity contribution in [2.75, 3.05) is 13.1 Å². The molecule has 1 aliphatic heterocycles. The van der Waals surface area contributed by atoms with Gasteiger partial charge in [0.05, 0.1) is 0 Å². The molecule has 1 aromatic carbocycles. The first-order valence-electron chi connectivity index (χ1n) is 7.97. The van der Waals surface area contributed by atoms with Gasteiger partial charge in [-0.15, -0.1) is 0 Å². The third-order valence-electron chi connectivity index (χ3n) is 4.31. The number of urea groups is 1. The van der Waals surface area contributed by atoms with Crippen molar-refractivity contribution >= 4 is 23.2 Å². The highest BCUT2D eigenvalue weighted by Crippen LogP contribution is 2.22. The number of nitrogens with zero attached hydrogens (tertiary/aromatic N) is 1. The van der Waals surface area contributed by atoms with Gasteiger partial charge >= 0.3 is 6.03 Å². The monoisotopic (exact) mass is 346 g/mol. The molecule has 2 amide bonds. The molecular formula is C18H19FN2O2S. The average Bonchev–Trinajstić information content (AvgIpc) is 3.13. The maximum Gasteiger partial charge on any atom is 0.317 e. The fraction of sp³-hybridized carbons (Fsp3) is 0.333. The van der Waals surface area contributed by atoms with Crippen LogP contribution < -0.4 is 5.32 Å². The van der Waals surface area contributed by atoms with Crippen LogP contribution in [0.15, 0.2) is 41.1 Å². The largest absolute Gasteiger partial charge is 0.334 e. The minimum absolute atomic E-state index is 0.0355. The summed E-state index contributed by atoms with van der Waals surface area (Å²) in [6.07, 6.45) is 1.28. The van der Waals surface area contributed by atoms with E-state index in [-0.39, 0.29) is 23.5 Å². The van der Waals surface area contributed by atoms with E-state index in [2.05, 4.69) is 5.32 Å². The molecule has 2 aromatic rings. The Morgan fingerprint density at radius 1 is 1.17 bits per heavy atom. The fourth-order valence-corrected chi connectivity index (χ4v) is 3.55. The lowest BCUT2D eigenvalue weighted by atomic mass is 9.89. The molecule has 126 valence electrons. The zero-order valence-electron chi connectivity index (χ0n) is 13.2. The lowest BCUT2D eigenvalue weighted by molar-refractivity contribution is 0.0854.